The zero-order valence-corrected chi connectivity index (χ0v) is 12.2. The molecule has 0 bridgehead atoms. The fourth-order valence-corrected chi connectivity index (χ4v) is 3.36. The molecule has 0 saturated heterocycles. The van der Waals surface area contributed by atoms with Crippen LogP contribution in [0.5, 0.6) is 5.75 Å². The van der Waals surface area contributed by atoms with Gasteiger partial charge in [-0.2, -0.15) is 4.57 Å². The quantitative estimate of drug-likeness (QED) is 0.387. The third kappa shape index (κ3) is 1.43. The summed E-state index contributed by atoms with van der Waals surface area (Å²) in [6.07, 6.45) is 1.70. The minimum atomic E-state index is 0.535. The average Bonchev–Trinajstić information content (AvgIpc) is 3.08. The number of hydrogen-bond acceptors (Lipinski definition) is 2. The number of pyridine rings is 1. The van der Waals surface area contributed by atoms with Gasteiger partial charge < -0.3 is 9.15 Å². The zero-order chi connectivity index (χ0) is 14.7. The summed E-state index contributed by atoms with van der Waals surface area (Å²) in [4.78, 5) is 0. The number of furan rings is 1. The van der Waals surface area contributed by atoms with Crippen LogP contribution in [0.3, 0.4) is 0 Å². The molecule has 3 heteroatoms. The zero-order valence-electron chi connectivity index (χ0n) is 12.2. The van der Waals surface area contributed by atoms with Crippen LogP contribution in [0.2, 0.25) is 0 Å². The van der Waals surface area contributed by atoms with Crippen molar-refractivity contribution in [1.29, 1.82) is 0 Å². The fourth-order valence-electron chi connectivity index (χ4n) is 3.36. The topological polar surface area (TPSA) is 26.2 Å². The Morgan fingerprint density at radius 3 is 2.64 bits per heavy atom. The van der Waals surface area contributed by atoms with Crippen molar-refractivity contribution >= 4 is 21.7 Å². The Kier molecular flexibility index (Phi) is 2.20. The maximum atomic E-state index is 6.12. The molecule has 106 valence electrons. The lowest BCUT2D eigenvalue weighted by molar-refractivity contribution is -0.707. The molecule has 1 aliphatic heterocycles. The van der Waals surface area contributed by atoms with Gasteiger partial charge >= 0.3 is 0 Å². The molecule has 0 N–H and O–H groups in total. The largest absolute Gasteiger partial charge is 0.464 e. The van der Waals surface area contributed by atoms with Crippen molar-refractivity contribution in [3.8, 4) is 17.1 Å². The van der Waals surface area contributed by atoms with Crippen molar-refractivity contribution in [2.45, 2.75) is 13.7 Å². The first kappa shape index (κ1) is 11.8. The van der Waals surface area contributed by atoms with Crippen LogP contribution in [0.25, 0.3) is 33.0 Å². The Balaban J connectivity index is 2.01. The fraction of sp³-hybridized carbons (Fsp3) is 0.105. The first-order valence-corrected chi connectivity index (χ1v) is 7.38. The number of aromatic nitrogens is 1. The molecule has 2 aromatic heterocycles. The van der Waals surface area contributed by atoms with Crippen LogP contribution in [0.1, 0.15) is 5.69 Å². The number of rotatable bonds is 1. The van der Waals surface area contributed by atoms with Crippen molar-refractivity contribution in [3.05, 3.63) is 60.5 Å². The van der Waals surface area contributed by atoms with Crippen molar-refractivity contribution < 1.29 is 13.7 Å². The Morgan fingerprint density at radius 1 is 0.955 bits per heavy atom. The van der Waals surface area contributed by atoms with E-state index in [1.54, 1.807) is 6.26 Å². The lowest BCUT2D eigenvalue weighted by Crippen LogP contribution is -2.42. The number of aryl methyl sites for hydroxylation is 1. The predicted octanol–water partition coefficient (Wildman–Crippen LogP) is 4.20. The highest BCUT2D eigenvalue weighted by molar-refractivity contribution is 6.09. The Hall–Kier alpha value is -2.81. The van der Waals surface area contributed by atoms with E-state index >= 15 is 0 Å². The van der Waals surface area contributed by atoms with Crippen LogP contribution in [0.15, 0.2) is 59.2 Å². The van der Waals surface area contributed by atoms with Gasteiger partial charge in [0, 0.05) is 18.4 Å². The molecule has 5 rings (SSSR count). The SMILES string of the molecule is Cc1ccc2ccc3ccc(-c4ccco4)c4c3c2[n+]1CO4. The highest BCUT2D eigenvalue weighted by Crippen LogP contribution is 2.41. The van der Waals surface area contributed by atoms with Gasteiger partial charge in [0.2, 0.25) is 5.52 Å². The van der Waals surface area contributed by atoms with E-state index in [1.807, 2.05) is 12.1 Å². The summed E-state index contributed by atoms with van der Waals surface area (Å²) in [6, 6.07) is 16.7. The van der Waals surface area contributed by atoms with Gasteiger partial charge in [0.1, 0.15) is 5.76 Å². The highest BCUT2D eigenvalue weighted by atomic mass is 16.5. The van der Waals surface area contributed by atoms with Gasteiger partial charge in [0.25, 0.3) is 6.73 Å². The third-order valence-corrected chi connectivity index (χ3v) is 4.47. The van der Waals surface area contributed by atoms with E-state index in [0.29, 0.717) is 6.73 Å². The van der Waals surface area contributed by atoms with Crippen LogP contribution >= 0.6 is 0 Å². The van der Waals surface area contributed by atoms with Crippen molar-refractivity contribution in [3.63, 3.8) is 0 Å². The van der Waals surface area contributed by atoms with E-state index in [4.69, 9.17) is 9.15 Å². The van der Waals surface area contributed by atoms with Gasteiger partial charge in [0.05, 0.1) is 17.2 Å². The van der Waals surface area contributed by atoms with Crippen LogP contribution in [0, 0.1) is 6.92 Å². The molecule has 0 unspecified atom stereocenters. The highest BCUT2D eigenvalue weighted by Gasteiger charge is 2.26. The predicted molar refractivity (Wildman–Crippen MR) is 84.7 cm³/mol. The van der Waals surface area contributed by atoms with Crippen LogP contribution in [-0.4, -0.2) is 0 Å². The normalized spacial score (nSPS) is 13.0. The second kappa shape index (κ2) is 4.10. The molecule has 0 aliphatic carbocycles. The van der Waals surface area contributed by atoms with Crippen molar-refractivity contribution in [2.75, 3.05) is 0 Å². The molecular formula is C19H14NO2+. The summed E-state index contributed by atoms with van der Waals surface area (Å²) in [5, 5.41) is 3.59. The van der Waals surface area contributed by atoms with E-state index < -0.39 is 0 Å². The molecule has 0 atom stereocenters. The van der Waals surface area contributed by atoms with Gasteiger partial charge in [-0.1, -0.05) is 12.1 Å². The first-order valence-electron chi connectivity index (χ1n) is 7.38. The molecule has 3 heterocycles. The molecule has 4 aromatic rings. The van der Waals surface area contributed by atoms with E-state index in [0.717, 1.165) is 17.1 Å². The summed E-state index contributed by atoms with van der Waals surface area (Å²) < 4.78 is 13.9. The van der Waals surface area contributed by atoms with E-state index in [2.05, 4.69) is 47.9 Å². The van der Waals surface area contributed by atoms with Crippen molar-refractivity contribution in [2.24, 2.45) is 0 Å². The lowest BCUT2D eigenvalue weighted by atomic mass is 9.99. The number of benzene rings is 2. The van der Waals surface area contributed by atoms with E-state index in [1.165, 1.54) is 27.4 Å². The molecule has 2 aromatic carbocycles. The average molecular weight is 288 g/mol. The van der Waals surface area contributed by atoms with Gasteiger partial charge in [-0.15, -0.1) is 0 Å². The monoisotopic (exact) mass is 288 g/mol. The molecular weight excluding hydrogens is 274 g/mol. The number of nitrogens with zero attached hydrogens (tertiary/aromatic N) is 1. The summed E-state index contributed by atoms with van der Waals surface area (Å²) in [7, 11) is 0. The van der Waals surface area contributed by atoms with Crippen LogP contribution in [-0.2, 0) is 6.73 Å². The summed E-state index contributed by atoms with van der Waals surface area (Å²) in [5.74, 6) is 1.76. The minimum absolute atomic E-state index is 0.535. The van der Waals surface area contributed by atoms with Crippen LogP contribution < -0.4 is 9.30 Å². The summed E-state index contributed by atoms with van der Waals surface area (Å²) in [6.45, 7) is 2.65. The lowest BCUT2D eigenvalue weighted by Gasteiger charge is -2.18. The Labute approximate surface area is 127 Å². The number of ether oxygens (including phenoxy) is 1. The molecule has 22 heavy (non-hydrogen) atoms. The van der Waals surface area contributed by atoms with Crippen molar-refractivity contribution in [1.82, 2.24) is 0 Å². The first-order chi connectivity index (χ1) is 10.8. The Bertz CT molecular complexity index is 1030. The Morgan fingerprint density at radius 2 is 1.77 bits per heavy atom. The third-order valence-electron chi connectivity index (χ3n) is 4.47. The standard InChI is InChI=1S/C19H14NO2/c1-12-4-5-14-7-6-13-8-9-15(16-3-2-10-21-16)19-17(13)18(14)20(12)11-22-19/h2-10H,11H2,1H3/q+1. The molecule has 3 nitrogen and oxygen atoms in total. The molecule has 0 amide bonds. The van der Waals surface area contributed by atoms with E-state index in [-0.39, 0.29) is 0 Å². The molecule has 0 spiro atoms. The second-order valence-corrected chi connectivity index (χ2v) is 5.70. The molecule has 0 saturated carbocycles. The molecule has 0 radical (unpaired) electrons. The smallest absolute Gasteiger partial charge is 0.292 e. The minimum Gasteiger partial charge on any atom is -0.464 e. The maximum absolute atomic E-state index is 6.12. The molecule has 1 aliphatic rings. The van der Waals surface area contributed by atoms with Crippen LogP contribution in [0.4, 0.5) is 0 Å². The van der Waals surface area contributed by atoms with Gasteiger partial charge in [-0.05, 0) is 35.7 Å². The van der Waals surface area contributed by atoms with Gasteiger partial charge in [0.15, 0.2) is 11.4 Å². The second-order valence-electron chi connectivity index (χ2n) is 5.70. The summed E-state index contributed by atoms with van der Waals surface area (Å²) in [5.41, 5.74) is 3.46. The maximum Gasteiger partial charge on any atom is 0.292 e. The molecule has 0 fully saturated rings. The van der Waals surface area contributed by atoms with E-state index in [9.17, 15) is 0 Å². The summed E-state index contributed by atoms with van der Waals surface area (Å²) >= 11 is 0. The van der Waals surface area contributed by atoms with Gasteiger partial charge in [-0.25, -0.2) is 0 Å². The van der Waals surface area contributed by atoms with Gasteiger partial charge in [-0.3, -0.25) is 0 Å². The number of hydrogen-bond donors (Lipinski definition) is 0.